The van der Waals surface area contributed by atoms with E-state index >= 15 is 0 Å². The van der Waals surface area contributed by atoms with Crippen molar-refractivity contribution in [3.05, 3.63) is 41.5 Å². The number of ether oxygens (including phenoxy) is 1. The van der Waals surface area contributed by atoms with Gasteiger partial charge in [-0.25, -0.2) is 0 Å². The van der Waals surface area contributed by atoms with Crippen molar-refractivity contribution < 1.29 is 4.74 Å². The van der Waals surface area contributed by atoms with Gasteiger partial charge in [0.25, 0.3) is 0 Å². The molecule has 0 fully saturated rings. The normalized spacial score (nSPS) is 20.0. The number of hydrogen-bond donors (Lipinski definition) is 1. The fourth-order valence-electron chi connectivity index (χ4n) is 3.15. The standard InChI is InChI=1S/C19H29NO/c1-3-20-19(17-11-7-5-4-6-8-12-17)15-16-10-9-13-18(14-16)21-2/h9-11,13-14,19-20H,3-8,12,15H2,1-2H3/b17-11+. The van der Waals surface area contributed by atoms with Crippen molar-refractivity contribution in [2.24, 2.45) is 0 Å². The molecule has 0 saturated carbocycles. The molecule has 1 aliphatic carbocycles. The summed E-state index contributed by atoms with van der Waals surface area (Å²) in [6.45, 7) is 3.22. The van der Waals surface area contributed by atoms with Crippen molar-refractivity contribution >= 4 is 0 Å². The topological polar surface area (TPSA) is 21.3 Å². The molecule has 0 saturated heterocycles. The maximum Gasteiger partial charge on any atom is 0.119 e. The van der Waals surface area contributed by atoms with Gasteiger partial charge in [-0.3, -0.25) is 0 Å². The van der Waals surface area contributed by atoms with E-state index in [1.807, 2.05) is 6.07 Å². The van der Waals surface area contributed by atoms with E-state index in [0.717, 1.165) is 18.7 Å². The Morgan fingerprint density at radius 1 is 1.19 bits per heavy atom. The van der Waals surface area contributed by atoms with Crippen LogP contribution in [0.25, 0.3) is 0 Å². The van der Waals surface area contributed by atoms with Crippen molar-refractivity contribution in [3.63, 3.8) is 0 Å². The average molecular weight is 287 g/mol. The largest absolute Gasteiger partial charge is 0.497 e. The summed E-state index contributed by atoms with van der Waals surface area (Å²) in [4.78, 5) is 0. The van der Waals surface area contributed by atoms with E-state index in [1.165, 1.54) is 44.1 Å². The van der Waals surface area contributed by atoms with Gasteiger partial charge < -0.3 is 10.1 Å². The number of nitrogens with one attached hydrogen (secondary N) is 1. The summed E-state index contributed by atoms with van der Waals surface area (Å²) in [5, 5.41) is 3.68. The first-order valence-electron chi connectivity index (χ1n) is 8.38. The van der Waals surface area contributed by atoms with Crippen molar-refractivity contribution in [1.29, 1.82) is 0 Å². The molecular formula is C19H29NO. The predicted molar refractivity (Wildman–Crippen MR) is 89.9 cm³/mol. The highest BCUT2D eigenvalue weighted by Gasteiger charge is 2.15. The smallest absolute Gasteiger partial charge is 0.119 e. The first kappa shape index (κ1) is 16.1. The first-order valence-corrected chi connectivity index (χ1v) is 8.38. The van der Waals surface area contributed by atoms with Crippen molar-refractivity contribution in [2.75, 3.05) is 13.7 Å². The van der Waals surface area contributed by atoms with Gasteiger partial charge in [-0.05, 0) is 56.3 Å². The molecule has 0 amide bonds. The summed E-state index contributed by atoms with van der Waals surface area (Å²) in [6, 6.07) is 8.94. The SMILES string of the molecule is CCNC(Cc1cccc(OC)c1)/C1=C/CCCCCC1. The highest BCUT2D eigenvalue weighted by Crippen LogP contribution is 2.23. The van der Waals surface area contributed by atoms with Gasteiger partial charge in [-0.1, -0.05) is 43.5 Å². The molecule has 1 N–H and O–H groups in total. The highest BCUT2D eigenvalue weighted by molar-refractivity contribution is 5.30. The molecule has 2 heteroatoms. The van der Waals surface area contributed by atoms with Crippen LogP contribution in [-0.2, 0) is 6.42 Å². The van der Waals surface area contributed by atoms with Gasteiger partial charge in [0.15, 0.2) is 0 Å². The highest BCUT2D eigenvalue weighted by atomic mass is 16.5. The van der Waals surface area contributed by atoms with E-state index < -0.39 is 0 Å². The van der Waals surface area contributed by atoms with Crippen LogP contribution >= 0.6 is 0 Å². The number of allylic oxidation sites excluding steroid dienone is 1. The van der Waals surface area contributed by atoms with E-state index in [4.69, 9.17) is 4.74 Å². The van der Waals surface area contributed by atoms with Crippen LogP contribution < -0.4 is 10.1 Å². The molecule has 0 spiro atoms. The van der Waals surface area contributed by atoms with Gasteiger partial charge in [0.05, 0.1) is 7.11 Å². The van der Waals surface area contributed by atoms with Gasteiger partial charge >= 0.3 is 0 Å². The zero-order valence-corrected chi connectivity index (χ0v) is 13.5. The molecular weight excluding hydrogens is 258 g/mol. The summed E-state index contributed by atoms with van der Waals surface area (Å²) in [7, 11) is 1.73. The number of methoxy groups -OCH3 is 1. The predicted octanol–water partition coefficient (Wildman–Crippen LogP) is 4.50. The molecule has 1 aromatic carbocycles. The summed E-state index contributed by atoms with van der Waals surface area (Å²) >= 11 is 0. The molecule has 0 heterocycles. The molecule has 1 aliphatic rings. The zero-order valence-electron chi connectivity index (χ0n) is 13.5. The molecule has 1 aromatic rings. The second-order valence-corrected chi connectivity index (χ2v) is 5.90. The summed E-state index contributed by atoms with van der Waals surface area (Å²) in [6.07, 6.45) is 11.5. The fourth-order valence-corrected chi connectivity index (χ4v) is 3.15. The maximum absolute atomic E-state index is 5.34. The first-order chi connectivity index (χ1) is 10.3. The molecule has 0 aromatic heterocycles. The molecule has 0 radical (unpaired) electrons. The number of hydrogen-bond acceptors (Lipinski definition) is 2. The molecule has 21 heavy (non-hydrogen) atoms. The third-order valence-corrected chi connectivity index (χ3v) is 4.30. The third-order valence-electron chi connectivity index (χ3n) is 4.30. The van der Waals surface area contributed by atoms with Crippen LogP contribution in [0.2, 0.25) is 0 Å². The average Bonchev–Trinajstić information content (AvgIpc) is 2.47. The zero-order chi connectivity index (χ0) is 14.9. The van der Waals surface area contributed by atoms with Gasteiger partial charge in [-0.2, -0.15) is 0 Å². The molecule has 1 atom stereocenters. The second-order valence-electron chi connectivity index (χ2n) is 5.90. The Bertz CT molecular complexity index is 453. The molecule has 0 bridgehead atoms. The number of likely N-dealkylation sites (N-methyl/N-ethyl adjacent to an activating group) is 1. The lowest BCUT2D eigenvalue weighted by Crippen LogP contribution is -2.33. The Morgan fingerprint density at radius 2 is 2.05 bits per heavy atom. The minimum absolute atomic E-state index is 0.472. The van der Waals surface area contributed by atoms with Gasteiger partial charge in [0, 0.05) is 6.04 Å². The van der Waals surface area contributed by atoms with E-state index in [-0.39, 0.29) is 0 Å². The number of rotatable bonds is 6. The van der Waals surface area contributed by atoms with Gasteiger partial charge in [-0.15, -0.1) is 0 Å². The molecule has 2 rings (SSSR count). The Morgan fingerprint density at radius 3 is 2.86 bits per heavy atom. The lowest BCUT2D eigenvalue weighted by molar-refractivity contribution is 0.414. The molecule has 116 valence electrons. The van der Waals surface area contributed by atoms with Crippen molar-refractivity contribution in [2.45, 2.75) is 57.9 Å². The van der Waals surface area contributed by atoms with Crippen LogP contribution in [0.1, 0.15) is 51.0 Å². The lowest BCUT2D eigenvalue weighted by Gasteiger charge is -2.23. The molecule has 2 nitrogen and oxygen atoms in total. The van der Waals surface area contributed by atoms with Crippen LogP contribution in [0.3, 0.4) is 0 Å². The lowest BCUT2D eigenvalue weighted by atomic mass is 9.91. The minimum atomic E-state index is 0.472. The maximum atomic E-state index is 5.34. The monoisotopic (exact) mass is 287 g/mol. The summed E-state index contributed by atoms with van der Waals surface area (Å²) in [5.41, 5.74) is 2.96. The van der Waals surface area contributed by atoms with Crippen LogP contribution in [0, 0.1) is 0 Å². The quantitative estimate of drug-likeness (QED) is 0.778. The van der Waals surface area contributed by atoms with Crippen molar-refractivity contribution in [1.82, 2.24) is 5.32 Å². The van der Waals surface area contributed by atoms with E-state index in [0.29, 0.717) is 6.04 Å². The fraction of sp³-hybridized carbons (Fsp3) is 0.579. The molecule has 0 aliphatic heterocycles. The molecule has 1 unspecified atom stereocenters. The summed E-state index contributed by atoms with van der Waals surface area (Å²) in [5.74, 6) is 0.953. The Hall–Kier alpha value is -1.28. The minimum Gasteiger partial charge on any atom is -0.497 e. The van der Waals surface area contributed by atoms with Gasteiger partial charge in [0.1, 0.15) is 5.75 Å². The van der Waals surface area contributed by atoms with Crippen LogP contribution in [0.5, 0.6) is 5.75 Å². The van der Waals surface area contributed by atoms with Crippen LogP contribution in [0.4, 0.5) is 0 Å². The van der Waals surface area contributed by atoms with Crippen LogP contribution in [-0.4, -0.2) is 19.7 Å². The Labute approximate surface area is 129 Å². The Kier molecular flexibility index (Phi) is 6.81. The van der Waals surface area contributed by atoms with E-state index in [9.17, 15) is 0 Å². The second kappa shape index (κ2) is 8.89. The van der Waals surface area contributed by atoms with E-state index in [2.05, 4.69) is 36.5 Å². The van der Waals surface area contributed by atoms with E-state index in [1.54, 1.807) is 12.7 Å². The van der Waals surface area contributed by atoms with Crippen molar-refractivity contribution in [3.8, 4) is 5.75 Å². The summed E-state index contributed by atoms with van der Waals surface area (Å²) < 4.78 is 5.34. The van der Waals surface area contributed by atoms with Crippen LogP contribution in [0.15, 0.2) is 35.9 Å². The van der Waals surface area contributed by atoms with Gasteiger partial charge in [0.2, 0.25) is 0 Å². The Balaban J connectivity index is 2.09. The third kappa shape index (κ3) is 5.20. The number of benzene rings is 1.